The predicted molar refractivity (Wildman–Crippen MR) is 92.5 cm³/mol. The van der Waals surface area contributed by atoms with E-state index >= 15 is 0 Å². The summed E-state index contributed by atoms with van der Waals surface area (Å²) < 4.78 is 10.1. The van der Waals surface area contributed by atoms with E-state index in [1.54, 1.807) is 37.2 Å². The van der Waals surface area contributed by atoms with Crippen LogP contribution in [0.2, 0.25) is 0 Å². The normalized spacial score (nSPS) is 10.1. The average molecular weight is 327 g/mol. The minimum absolute atomic E-state index is 0.304. The topological polar surface area (TPSA) is 55.8 Å². The highest BCUT2D eigenvalue weighted by Crippen LogP contribution is 2.22. The Morgan fingerprint density at radius 2 is 1.71 bits per heavy atom. The molecule has 0 bridgehead atoms. The zero-order valence-electron chi connectivity index (χ0n) is 14.1. The number of rotatable bonds is 6. The highest BCUT2D eigenvalue weighted by molar-refractivity contribution is 5.99. The van der Waals surface area contributed by atoms with Gasteiger partial charge in [-0.3, -0.25) is 0 Å². The molecule has 2 rings (SSSR count). The zero-order chi connectivity index (χ0) is 17.5. The van der Waals surface area contributed by atoms with Crippen molar-refractivity contribution in [3.8, 4) is 0 Å². The third-order valence-corrected chi connectivity index (χ3v) is 3.59. The summed E-state index contributed by atoms with van der Waals surface area (Å²) in [6.07, 6.45) is 0.660. The van der Waals surface area contributed by atoms with Crippen molar-refractivity contribution in [2.24, 2.45) is 0 Å². The van der Waals surface area contributed by atoms with E-state index in [1.165, 1.54) is 7.11 Å². The molecule has 5 heteroatoms. The molecule has 0 aliphatic rings. The molecule has 0 aromatic heterocycles. The maximum absolute atomic E-state index is 12.2. The van der Waals surface area contributed by atoms with Crippen molar-refractivity contribution >= 4 is 17.6 Å². The molecule has 0 spiro atoms. The molecule has 0 N–H and O–H groups in total. The maximum Gasteiger partial charge on any atom is 0.339 e. The summed E-state index contributed by atoms with van der Waals surface area (Å²) in [4.78, 5) is 25.7. The number of carbonyl (C=O) groups is 2. The third kappa shape index (κ3) is 4.35. The first-order chi connectivity index (χ1) is 11.5. The van der Waals surface area contributed by atoms with E-state index in [4.69, 9.17) is 9.47 Å². The van der Waals surface area contributed by atoms with Crippen molar-refractivity contribution in [1.82, 2.24) is 0 Å². The van der Waals surface area contributed by atoms with Crippen molar-refractivity contribution in [2.45, 2.75) is 6.42 Å². The first kappa shape index (κ1) is 17.5. The summed E-state index contributed by atoms with van der Waals surface area (Å²) in [5, 5.41) is 0. The molecule has 24 heavy (non-hydrogen) atoms. The molecular formula is C19H21NO4. The fourth-order valence-corrected chi connectivity index (χ4v) is 2.30. The summed E-state index contributed by atoms with van der Waals surface area (Å²) in [6.45, 7) is 0.304. The summed E-state index contributed by atoms with van der Waals surface area (Å²) >= 11 is 0. The van der Waals surface area contributed by atoms with Gasteiger partial charge in [0, 0.05) is 20.5 Å². The highest BCUT2D eigenvalue weighted by Gasteiger charge is 2.17. The Morgan fingerprint density at radius 1 is 1.00 bits per heavy atom. The van der Waals surface area contributed by atoms with Gasteiger partial charge in [-0.2, -0.15) is 0 Å². The molecule has 0 unspecified atom stereocenters. The molecule has 5 nitrogen and oxygen atoms in total. The standard InChI is InChI=1S/C19H21NO4/c1-20(2)17-13-15(9-10-16(17)19(22)23-3)18(21)24-12-11-14-7-5-4-6-8-14/h4-10,13H,11-12H2,1-3H3. The zero-order valence-corrected chi connectivity index (χ0v) is 14.1. The molecule has 0 atom stereocenters. The van der Waals surface area contributed by atoms with E-state index in [2.05, 4.69) is 0 Å². The van der Waals surface area contributed by atoms with Gasteiger partial charge in [0.2, 0.25) is 0 Å². The number of methoxy groups -OCH3 is 1. The van der Waals surface area contributed by atoms with Crippen LogP contribution in [0.5, 0.6) is 0 Å². The third-order valence-electron chi connectivity index (χ3n) is 3.59. The lowest BCUT2D eigenvalue weighted by Crippen LogP contribution is -2.16. The van der Waals surface area contributed by atoms with Crippen LogP contribution in [0, 0.1) is 0 Å². The molecule has 0 saturated carbocycles. The second-order valence-electron chi connectivity index (χ2n) is 5.49. The van der Waals surface area contributed by atoms with E-state index in [0.29, 0.717) is 29.8 Å². The van der Waals surface area contributed by atoms with Gasteiger partial charge in [0.05, 0.1) is 30.5 Å². The van der Waals surface area contributed by atoms with Crippen LogP contribution in [0.15, 0.2) is 48.5 Å². The lowest BCUT2D eigenvalue weighted by atomic mass is 10.1. The molecule has 0 saturated heterocycles. The number of anilines is 1. The highest BCUT2D eigenvalue weighted by atomic mass is 16.5. The lowest BCUT2D eigenvalue weighted by molar-refractivity contribution is 0.0507. The van der Waals surface area contributed by atoms with Crippen molar-refractivity contribution in [3.05, 3.63) is 65.2 Å². The molecule has 0 fully saturated rings. The maximum atomic E-state index is 12.2. The smallest absolute Gasteiger partial charge is 0.339 e. The van der Waals surface area contributed by atoms with Crippen LogP contribution in [0.25, 0.3) is 0 Å². The molecule has 126 valence electrons. The van der Waals surface area contributed by atoms with Crippen molar-refractivity contribution in [2.75, 3.05) is 32.7 Å². The molecule has 2 aromatic rings. The fraction of sp³-hybridized carbons (Fsp3) is 0.263. The van der Waals surface area contributed by atoms with Crippen molar-refractivity contribution in [3.63, 3.8) is 0 Å². The van der Waals surface area contributed by atoms with Gasteiger partial charge in [0.1, 0.15) is 0 Å². The Bertz CT molecular complexity index is 711. The monoisotopic (exact) mass is 327 g/mol. The van der Waals surface area contributed by atoms with Crippen LogP contribution in [0.3, 0.4) is 0 Å². The van der Waals surface area contributed by atoms with Gasteiger partial charge >= 0.3 is 11.9 Å². The Hall–Kier alpha value is -2.82. The number of carbonyl (C=O) groups excluding carboxylic acids is 2. The molecule has 0 radical (unpaired) electrons. The van der Waals surface area contributed by atoms with Gasteiger partial charge in [0.25, 0.3) is 0 Å². The SMILES string of the molecule is COC(=O)c1ccc(C(=O)OCCc2ccccc2)cc1N(C)C. The molecular weight excluding hydrogens is 306 g/mol. The summed E-state index contributed by atoms with van der Waals surface area (Å²) in [7, 11) is 4.92. The first-order valence-electron chi connectivity index (χ1n) is 7.63. The molecule has 0 aliphatic carbocycles. The van der Waals surface area contributed by atoms with Gasteiger partial charge < -0.3 is 14.4 Å². The number of esters is 2. The Balaban J connectivity index is 2.06. The fourth-order valence-electron chi connectivity index (χ4n) is 2.30. The summed E-state index contributed by atoms with van der Waals surface area (Å²) in [5.41, 5.74) is 2.53. The Labute approximate surface area is 141 Å². The van der Waals surface area contributed by atoms with E-state index in [9.17, 15) is 9.59 Å². The lowest BCUT2D eigenvalue weighted by Gasteiger charge is -2.17. The number of hydrogen-bond donors (Lipinski definition) is 0. The number of nitrogens with zero attached hydrogens (tertiary/aromatic N) is 1. The Morgan fingerprint density at radius 3 is 2.33 bits per heavy atom. The molecule has 2 aromatic carbocycles. The minimum Gasteiger partial charge on any atom is -0.465 e. The van der Waals surface area contributed by atoms with Crippen LogP contribution in [0.1, 0.15) is 26.3 Å². The van der Waals surface area contributed by atoms with E-state index in [-0.39, 0.29) is 0 Å². The quantitative estimate of drug-likeness (QED) is 0.764. The van der Waals surface area contributed by atoms with Crippen molar-refractivity contribution < 1.29 is 19.1 Å². The van der Waals surface area contributed by atoms with Crippen LogP contribution < -0.4 is 4.90 Å². The van der Waals surface area contributed by atoms with Crippen LogP contribution in [-0.2, 0) is 15.9 Å². The predicted octanol–water partition coefficient (Wildman–Crippen LogP) is 2.94. The first-order valence-corrected chi connectivity index (χ1v) is 7.63. The molecule has 0 amide bonds. The van der Waals surface area contributed by atoms with Gasteiger partial charge in [-0.1, -0.05) is 30.3 Å². The summed E-state index contributed by atoms with van der Waals surface area (Å²) in [6, 6.07) is 14.6. The number of benzene rings is 2. The van der Waals surface area contributed by atoms with Gasteiger partial charge in [-0.05, 0) is 23.8 Å². The Kier molecular flexibility index (Phi) is 5.95. The number of hydrogen-bond acceptors (Lipinski definition) is 5. The van der Waals surface area contributed by atoms with E-state index in [0.717, 1.165) is 5.56 Å². The average Bonchev–Trinajstić information content (AvgIpc) is 2.61. The van der Waals surface area contributed by atoms with Gasteiger partial charge in [-0.15, -0.1) is 0 Å². The van der Waals surface area contributed by atoms with E-state index in [1.807, 2.05) is 30.3 Å². The minimum atomic E-state index is -0.442. The molecule has 0 aliphatic heterocycles. The van der Waals surface area contributed by atoms with Gasteiger partial charge in [-0.25, -0.2) is 9.59 Å². The number of ether oxygens (including phenoxy) is 2. The second-order valence-corrected chi connectivity index (χ2v) is 5.49. The van der Waals surface area contributed by atoms with E-state index < -0.39 is 11.9 Å². The largest absolute Gasteiger partial charge is 0.465 e. The van der Waals surface area contributed by atoms with Crippen molar-refractivity contribution in [1.29, 1.82) is 0 Å². The summed E-state index contributed by atoms with van der Waals surface area (Å²) in [5.74, 6) is -0.854. The van der Waals surface area contributed by atoms with Crippen LogP contribution >= 0.6 is 0 Å². The second kappa shape index (κ2) is 8.15. The molecule has 0 heterocycles. The van der Waals surface area contributed by atoms with Crippen LogP contribution in [-0.4, -0.2) is 39.8 Å². The van der Waals surface area contributed by atoms with Gasteiger partial charge in [0.15, 0.2) is 0 Å². The van der Waals surface area contributed by atoms with Crippen LogP contribution in [0.4, 0.5) is 5.69 Å².